The smallest absolute Gasteiger partial charge is 0.309 e. The molecule has 0 aromatic heterocycles. The SMILES string of the molecule is O=S1(=O)CCC(CNC(CC(F)(F)F)c2ccccc2)C1. The molecule has 3 nitrogen and oxygen atoms in total. The summed E-state index contributed by atoms with van der Waals surface area (Å²) in [5, 5.41) is 2.89. The Balaban J connectivity index is 2.00. The first-order chi connectivity index (χ1) is 9.75. The second kappa shape index (κ2) is 6.36. The lowest BCUT2D eigenvalue weighted by Crippen LogP contribution is -2.31. The highest BCUT2D eigenvalue weighted by atomic mass is 32.2. The van der Waals surface area contributed by atoms with Gasteiger partial charge in [-0.25, -0.2) is 8.42 Å². The number of hydrogen-bond acceptors (Lipinski definition) is 3. The molecule has 1 aliphatic heterocycles. The molecular weight excluding hydrogens is 303 g/mol. The molecule has 1 fully saturated rings. The van der Waals surface area contributed by atoms with Crippen LogP contribution in [0.1, 0.15) is 24.4 Å². The van der Waals surface area contributed by atoms with E-state index in [1.54, 1.807) is 30.3 Å². The Bertz CT molecular complexity index is 557. The quantitative estimate of drug-likeness (QED) is 0.907. The Labute approximate surface area is 122 Å². The van der Waals surface area contributed by atoms with Crippen molar-refractivity contribution in [2.45, 2.75) is 25.1 Å². The van der Waals surface area contributed by atoms with Crippen molar-refractivity contribution in [1.29, 1.82) is 0 Å². The van der Waals surface area contributed by atoms with E-state index in [1.807, 2.05) is 0 Å². The van der Waals surface area contributed by atoms with Crippen molar-refractivity contribution < 1.29 is 21.6 Å². The van der Waals surface area contributed by atoms with E-state index in [2.05, 4.69) is 5.32 Å². The molecule has 0 spiro atoms. The Hall–Kier alpha value is -1.08. The third-order valence-corrected chi connectivity index (χ3v) is 5.45. The van der Waals surface area contributed by atoms with Gasteiger partial charge >= 0.3 is 6.18 Å². The normalized spacial score (nSPS) is 23.1. The molecule has 1 saturated heterocycles. The highest BCUT2D eigenvalue weighted by molar-refractivity contribution is 7.91. The summed E-state index contributed by atoms with van der Waals surface area (Å²) in [7, 11) is -3.01. The Kier molecular flexibility index (Phi) is 4.93. The van der Waals surface area contributed by atoms with Gasteiger partial charge in [0.15, 0.2) is 9.84 Å². The maximum Gasteiger partial charge on any atom is 0.390 e. The van der Waals surface area contributed by atoms with Gasteiger partial charge in [-0.3, -0.25) is 0 Å². The second-order valence-electron chi connectivity index (χ2n) is 5.46. The van der Waals surface area contributed by atoms with E-state index in [0.717, 1.165) is 0 Å². The third kappa shape index (κ3) is 5.32. The minimum Gasteiger partial charge on any atom is -0.309 e. The largest absolute Gasteiger partial charge is 0.390 e. The van der Waals surface area contributed by atoms with E-state index in [9.17, 15) is 21.6 Å². The summed E-state index contributed by atoms with van der Waals surface area (Å²) in [5.41, 5.74) is 0.565. The van der Waals surface area contributed by atoms with E-state index in [4.69, 9.17) is 0 Å². The van der Waals surface area contributed by atoms with Gasteiger partial charge < -0.3 is 5.32 Å². The van der Waals surface area contributed by atoms with Gasteiger partial charge in [-0.05, 0) is 24.4 Å². The Morgan fingerprint density at radius 2 is 1.90 bits per heavy atom. The lowest BCUT2D eigenvalue weighted by Gasteiger charge is -2.22. The molecule has 1 aromatic carbocycles. The van der Waals surface area contributed by atoms with Crippen LogP contribution in [0.2, 0.25) is 0 Å². The van der Waals surface area contributed by atoms with Gasteiger partial charge in [0.05, 0.1) is 17.9 Å². The predicted molar refractivity (Wildman–Crippen MR) is 74.6 cm³/mol. The van der Waals surface area contributed by atoms with E-state index in [-0.39, 0.29) is 24.0 Å². The van der Waals surface area contributed by atoms with Crippen molar-refractivity contribution in [3.8, 4) is 0 Å². The van der Waals surface area contributed by atoms with Crippen LogP contribution in [0.25, 0.3) is 0 Å². The van der Waals surface area contributed by atoms with Gasteiger partial charge in [-0.15, -0.1) is 0 Å². The van der Waals surface area contributed by atoms with E-state index in [1.165, 1.54) is 0 Å². The zero-order valence-corrected chi connectivity index (χ0v) is 12.3. The molecule has 21 heavy (non-hydrogen) atoms. The lowest BCUT2D eigenvalue weighted by molar-refractivity contribution is -0.140. The molecule has 0 aliphatic carbocycles. The zero-order chi connectivity index (χ0) is 15.5. The molecule has 1 heterocycles. The van der Waals surface area contributed by atoms with Crippen molar-refractivity contribution in [3.63, 3.8) is 0 Å². The minimum absolute atomic E-state index is 0.0630. The van der Waals surface area contributed by atoms with Crippen molar-refractivity contribution >= 4 is 9.84 Å². The fraction of sp³-hybridized carbons (Fsp3) is 0.571. The van der Waals surface area contributed by atoms with Crippen molar-refractivity contribution in [2.75, 3.05) is 18.1 Å². The number of hydrogen-bond donors (Lipinski definition) is 1. The van der Waals surface area contributed by atoms with Crippen molar-refractivity contribution in [2.24, 2.45) is 5.92 Å². The molecule has 0 amide bonds. The maximum absolute atomic E-state index is 12.7. The first-order valence-corrected chi connectivity index (χ1v) is 8.63. The van der Waals surface area contributed by atoms with Crippen LogP contribution in [0, 0.1) is 5.92 Å². The van der Waals surface area contributed by atoms with Crippen LogP contribution in [0.5, 0.6) is 0 Å². The summed E-state index contributed by atoms with van der Waals surface area (Å²) in [5.74, 6) is 0.0942. The molecule has 0 radical (unpaired) electrons. The molecule has 118 valence electrons. The lowest BCUT2D eigenvalue weighted by atomic mass is 10.0. The average Bonchev–Trinajstić information content (AvgIpc) is 2.74. The summed E-state index contributed by atoms with van der Waals surface area (Å²) in [4.78, 5) is 0. The van der Waals surface area contributed by atoms with Crippen molar-refractivity contribution in [3.05, 3.63) is 35.9 Å². The molecule has 1 N–H and O–H groups in total. The number of nitrogens with one attached hydrogen (secondary N) is 1. The average molecular weight is 321 g/mol. The van der Waals surface area contributed by atoms with Crippen LogP contribution in [-0.4, -0.2) is 32.6 Å². The zero-order valence-electron chi connectivity index (χ0n) is 11.4. The first-order valence-electron chi connectivity index (χ1n) is 6.81. The van der Waals surface area contributed by atoms with E-state index < -0.39 is 28.5 Å². The fourth-order valence-electron chi connectivity index (χ4n) is 2.57. The van der Waals surface area contributed by atoms with Crippen LogP contribution in [-0.2, 0) is 9.84 Å². The van der Waals surface area contributed by atoms with Crippen LogP contribution in [0.3, 0.4) is 0 Å². The van der Waals surface area contributed by atoms with Gasteiger partial charge in [0.2, 0.25) is 0 Å². The molecule has 2 unspecified atom stereocenters. The third-order valence-electron chi connectivity index (χ3n) is 3.62. The van der Waals surface area contributed by atoms with Gasteiger partial charge in [0.1, 0.15) is 0 Å². The van der Waals surface area contributed by atoms with Crippen LogP contribution in [0.4, 0.5) is 13.2 Å². The van der Waals surface area contributed by atoms with Gasteiger partial charge in [0, 0.05) is 6.04 Å². The summed E-state index contributed by atoms with van der Waals surface area (Å²) in [6.07, 6.45) is -4.71. The number of benzene rings is 1. The van der Waals surface area contributed by atoms with Crippen LogP contribution < -0.4 is 5.32 Å². The second-order valence-corrected chi connectivity index (χ2v) is 7.69. The van der Waals surface area contributed by atoms with Gasteiger partial charge in [0.25, 0.3) is 0 Å². The molecule has 2 rings (SSSR count). The van der Waals surface area contributed by atoms with Crippen molar-refractivity contribution in [1.82, 2.24) is 5.32 Å². The topological polar surface area (TPSA) is 46.2 Å². The summed E-state index contributed by atoms with van der Waals surface area (Å²) < 4.78 is 60.8. The van der Waals surface area contributed by atoms with E-state index in [0.29, 0.717) is 12.0 Å². The number of sulfone groups is 1. The molecule has 1 aliphatic rings. The molecule has 0 saturated carbocycles. The Morgan fingerprint density at radius 3 is 2.43 bits per heavy atom. The maximum atomic E-state index is 12.7. The monoisotopic (exact) mass is 321 g/mol. The molecule has 7 heteroatoms. The van der Waals surface area contributed by atoms with Gasteiger partial charge in [-0.2, -0.15) is 13.2 Å². The predicted octanol–water partition coefficient (Wildman–Crippen LogP) is 2.70. The number of alkyl halides is 3. The molecule has 1 aromatic rings. The molecular formula is C14H18F3NO2S. The number of rotatable bonds is 5. The molecule has 0 bridgehead atoms. The first kappa shape index (κ1) is 16.3. The van der Waals surface area contributed by atoms with Crippen LogP contribution >= 0.6 is 0 Å². The van der Waals surface area contributed by atoms with Gasteiger partial charge in [-0.1, -0.05) is 30.3 Å². The van der Waals surface area contributed by atoms with Crippen LogP contribution in [0.15, 0.2) is 30.3 Å². The Morgan fingerprint density at radius 1 is 1.24 bits per heavy atom. The fourth-order valence-corrected chi connectivity index (χ4v) is 4.43. The minimum atomic E-state index is -4.27. The summed E-state index contributed by atoms with van der Waals surface area (Å²) in [6.45, 7) is 0.287. The highest BCUT2D eigenvalue weighted by Crippen LogP contribution is 2.30. The highest BCUT2D eigenvalue weighted by Gasteiger charge is 2.34. The summed E-state index contributed by atoms with van der Waals surface area (Å²) >= 11 is 0. The molecule has 2 atom stereocenters. The van der Waals surface area contributed by atoms with E-state index >= 15 is 0 Å². The summed E-state index contributed by atoms with van der Waals surface area (Å²) in [6, 6.07) is 7.59. The number of halogens is 3. The standard InChI is InChI=1S/C14H18F3NO2S/c15-14(16,17)8-13(12-4-2-1-3-5-12)18-9-11-6-7-21(19,20)10-11/h1-5,11,13,18H,6-10H2.